The Balaban J connectivity index is 1.83. The van der Waals surface area contributed by atoms with Gasteiger partial charge in [-0.05, 0) is 49.7 Å². The van der Waals surface area contributed by atoms with Gasteiger partial charge in [-0.3, -0.25) is 4.79 Å². The molecule has 0 bridgehead atoms. The predicted octanol–water partition coefficient (Wildman–Crippen LogP) is 3.74. The normalized spacial score (nSPS) is 11.5. The molecule has 25 heavy (non-hydrogen) atoms. The minimum absolute atomic E-state index is 0.283. The van der Waals surface area contributed by atoms with Gasteiger partial charge in [0.05, 0.1) is 0 Å². The first kappa shape index (κ1) is 18.7. The first-order chi connectivity index (χ1) is 11.8. The Labute approximate surface area is 149 Å². The molecule has 0 saturated carbocycles. The van der Waals surface area contributed by atoms with Crippen LogP contribution in [0.1, 0.15) is 12.5 Å². The van der Waals surface area contributed by atoms with E-state index in [1.165, 1.54) is 13.0 Å². The molecule has 0 aliphatic heterocycles. The molecule has 0 spiro atoms. The zero-order valence-corrected chi connectivity index (χ0v) is 14.5. The van der Waals surface area contributed by atoms with E-state index in [2.05, 4.69) is 5.32 Å². The van der Waals surface area contributed by atoms with Crippen molar-refractivity contribution in [3.05, 3.63) is 58.9 Å². The smallest absolute Gasteiger partial charge is 0.344 e. The summed E-state index contributed by atoms with van der Waals surface area (Å²) in [5, 5.41) is 2.96. The van der Waals surface area contributed by atoms with E-state index in [-0.39, 0.29) is 12.3 Å². The summed E-state index contributed by atoms with van der Waals surface area (Å²) in [6.07, 6.45) is -1.06. The number of anilines is 1. The van der Waals surface area contributed by atoms with Crippen LogP contribution in [0.15, 0.2) is 42.5 Å². The van der Waals surface area contributed by atoms with Gasteiger partial charge in [0.25, 0.3) is 5.91 Å². The van der Waals surface area contributed by atoms with Crippen LogP contribution in [0.3, 0.4) is 0 Å². The van der Waals surface area contributed by atoms with Crippen LogP contribution in [-0.4, -0.2) is 24.6 Å². The summed E-state index contributed by atoms with van der Waals surface area (Å²) >= 11 is 5.81. The Morgan fingerprint density at radius 3 is 2.68 bits per heavy atom. The Morgan fingerprint density at radius 1 is 1.24 bits per heavy atom. The highest BCUT2D eigenvalue weighted by Crippen LogP contribution is 2.17. The molecule has 2 aromatic rings. The summed E-state index contributed by atoms with van der Waals surface area (Å²) in [5.41, 5.74) is 0.752. The van der Waals surface area contributed by atoms with E-state index < -0.39 is 23.8 Å². The van der Waals surface area contributed by atoms with Crippen LogP contribution >= 0.6 is 11.6 Å². The molecule has 1 N–H and O–H groups in total. The second-order valence-electron chi connectivity index (χ2n) is 5.33. The number of hydrogen-bond donors (Lipinski definition) is 1. The second-order valence-corrected chi connectivity index (χ2v) is 5.77. The lowest BCUT2D eigenvalue weighted by Gasteiger charge is -2.14. The monoisotopic (exact) mass is 365 g/mol. The molecule has 0 saturated heterocycles. The van der Waals surface area contributed by atoms with Crippen molar-refractivity contribution in [2.45, 2.75) is 20.0 Å². The predicted molar refractivity (Wildman–Crippen MR) is 92.3 cm³/mol. The average Bonchev–Trinajstić information content (AvgIpc) is 2.56. The fourth-order valence-electron chi connectivity index (χ4n) is 1.90. The summed E-state index contributed by atoms with van der Waals surface area (Å²) < 4.78 is 23.7. The molecule has 2 rings (SSSR count). The van der Waals surface area contributed by atoms with Crippen molar-refractivity contribution >= 4 is 29.2 Å². The van der Waals surface area contributed by atoms with Gasteiger partial charge in [-0.2, -0.15) is 0 Å². The zero-order valence-electron chi connectivity index (χ0n) is 13.7. The average molecular weight is 366 g/mol. The Kier molecular flexibility index (Phi) is 6.36. The fraction of sp³-hybridized carbons (Fsp3) is 0.222. The molecule has 1 amide bonds. The molecule has 1 atom stereocenters. The van der Waals surface area contributed by atoms with Crippen LogP contribution in [-0.2, 0) is 14.3 Å². The summed E-state index contributed by atoms with van der Waals surface area (Å²) in [7, 11) is 0. The van der Waals surface area contributed by atoms with E-state index >= 15 is 0 Å². The molecule has 2 aromatic carbocycles. The summed E-state index contributed by atoms with van der Waals surface area (Å²) in [4.78, 5) is 23.7. The van der Waals surface area contributed by atoms with Crippen molar-refractivity contribution in [3.63, 3.8) is 0 Å². The van der Waals surface area contributed by atoms with E-state index in [9.17, 15) is 14.0 Å². The van der Waals surface area contributed by atoms with Gasteiger partial charge in [0.15, 0.2) is 12.7 Å². The van der Waals surface area contributed by atoms with Crippen LogP contribution in [0.4, 0.5) is 10.1 Å². The number of aryl methyl sites for hydroxylation is 1. The lowest BCUT2D eigenvalue weighted by atomic mass is 10.2. The number of carbonyl (C=O) groups is 2. The zero-order chi connectivity index (χ0) is 18.4. The number of amides is 1. The first-order valence-electron chi connectivity index (χ1n) is 7.50. The molecular weight excluding hydrogens is 349 g/mol. The van der Waals surface area contributed by atoms with Gasteiger partial charge in [0.1, 0.15) is 11.6 Å². The lowest BCUT2D eigenvalue weighted by Crippen LogP contribution is -2.31. The van der Waals surface area contributed by atoms with Crippen molar-refractivity contribution in [2.24, 2.45) is 0 Å². The largest absolute Gasteiger partial charge is 0.482 e. The molecule has 0 heterocycles. The number of carbonyl (C=O) groups excluding carboxylic acids is 2. The molecule has 7 heteroatoms. The van der Waals surface area contributed by atoms with Gasteiger partial charge in [-0.15, -0.1) is 0 Å². The van der Waals surface area contributed by atoms with E-state index in [0.717, 1.165) is 0 Å². The third-order valence-corrected chi connectivity index (χ3v) is 3.50. The van der Waals surface area contributed by atoms with Gasteiger partial charge in [0.2, 0.25) is 0 Å². The number of nitrogens with one attached hydrogen (secondary N) is 1. The molecule has 0 fully saturated rings. The minimum atomic E-state index is -1.06. The van der Waals surface area contributed by atoms with Crippen molar-refractivity contribution in [1.29, 1.82) is 0 Å². The molecule has 0 unspecified atom stereocenters. The van der Waals surface area contributed by atoms with Crippen molar-refractivity contribution in [2.75, 3.05) is 11.9 Å². The molecule has 132 valence electrons. The topological polar surface area (TPSA) is 64.6 Å². The lowest BCUT2D eigenvalue weighted by molar-refractivity contribution is -0.155. The number of ether oxygens (including phenoxy) is 2. The molecule has 0 aliphatic carbocycles. The van der Waals surface area contributed by atoms with Crippen molar-refractivity contribution < 1.29 is 23.5 Å². The first-order valence-corrected chi connectivity index (χ1v) is 7.88. The third-order valence-electron chi connectivity index (χ3n) is 3.27. The standard InChI is InChI=1S/C18H17ClFNO4/c1-11-6-7-14(9-16(11)20)21-18(23)12(2)25-17(22)10-24-15-5-3-4-13(19)8-15/h3-9,12H,10H2,1-2H3,(H,21,23)/t12-/m0/s1. The second kappa shape index (κ2) is 8.48. The SMILES string of the molecule is Cc1ccc(NC(=O)[C@H](C)OC(=O)COc2cccc(Cl)c2)cc1F. The summed E-state index contributed by atoms with van der Waals surface area (Å²) in [5.74, 6) is -1.30. The molecule has 0 aliphatic rings. The maximum absolute atomic E-state index is 13.5. The van der Waals surface area contributed by atoms with Gasteiger partial charge in [-0.1, -0.05) is 23.7 Å². The number of benzene rings is 2. The van der Waals surface area contributed by atoms with Gasteiger partial charge in [0, 0.05) is 10.7 Å². The number of hydrogen-bond acceptors (Lipinski definition) is 4. The molecule has 5 nitrogen and oxygen atoms in total. The van der Waals surface area contributed by atoms with E-state index in [0.29, 0.717) is 16.3 Å². The van der Waals surface area contributed by atoms with Crippen LogP contribution < -0.4 is 10.1 Å². The number of rotatable bonds is 6. The Bertz CT molecular complexity index is 781. The molecule has 0 radical (unpaired) electrons. The van der Waals surface area contributed by atoms with Gasteiger partial charge in [-0.25, -0.2) is 9.18 Å². The fourth-order valence-corrected chi connectivity index (χ4v) is 2.08. The van der Waals surface area contributed by atoms with Gasteiger partial charge < -0.3 is 14.8 Å². The third kappa shape index (κ3) is 5.76. The van der Waals surface area contributed by atoms with E-state index in [4.69, 9.17) is 21.1 Å². The van der Waals surface area contributed by atoms with Crippen LogP contribution in [0.2, 0.25) is 5.02 Å². The highest BCUT2D eigenvalue weighted by molar-refractivity contribution is 6.30. The summed E-state index contributed by atoms with van der Waals surface area (Å²) in [6.45, 7) is 2.67. The van der Waals surface area contributed by atoms with Crippen LogP contribution in [0, 0.1) is 12.7 Å². The van der Waals surface area contributed by atoms with Crippen molar-refractivity contribution in [3.8, 4) is 5.75 Å². The van der Waals surface area contributed by atoms with Crippen molar-refractivity contribution in [1.82, 2.24) is 0 Å². The van der Waals surface area contributed by atoms with Gasteiger partial charge >= 0.3 is 5.97 Å². The minimum Gasteiger partial charge on any atom is -0.482 e. The Morgan fingerprint density at radius 2 is 2.00 bits per heavy atom. The highest BCUT2D eigenvalue weighted by Gasteiger charge is 2.18. The molecule has 0 aromatic heterocycles. The Hall–Kier alpha value is -2.60. The summed E-state index contributed by atoms with van der Waals surface area (Å²) in [6, 6.07) is 10.8. The highest BCUT2D eigenvalue weighted by atomic mass is 35.5. The number of halogens is 2. The maximum Gasteiger partial charge on any atom is 0.344 e. The van der Waals surface area contributed by atoms with E-state index in [1.807, 2.05) is 0 Å². The van der Waals surface area contributed by atoms with E-state index in [1.54, 1.807) is 43.3 Å². The number of esters is 1. The molecular formula is C18H17ClFNO4. The maximum atomic E-state index is 13.5. The quantitative estimate of drug-likeness (QED) is 0.792. The van der Waals surface area contributed by atoms with Crippen LogP contribution in [0.5, 0.6) is 5.75 Å². The van der Waals surface area contributed by atoms with Crippen LogP contribution in [0.25, 0.3) is 0 Å².